The van der Waals surface area contributed by atoms with Crippen molar-refractivity contribution in [2.24, 2.45) is 0 Å². The van der Waals surface area contributed by atoms with Gasteiger partial charge >= 0.3 is 112 Å². The molecule has 2 rings (SSSR count). The second-order valence-electron chi connectivity index (χ2n) is 3.61. The van der Waals surface area contributed by atoms with Gasteiger partial charge in [-0.3, -0.25) is 0 Å². The molecule has 0 saturated heterocycles. The normalized spacial score (nSPS) is 12.4. The molecule has 0 spiro atoms. The molecule has 0 aromatic heterocycles. The van der Waals surface area contributed by atoms with E-state index in [-0.39, 0.29) is 0 Å². The van der Waals surface area contributed by atoms with Crippen LogP contribution in [0.2, 0.25) is 0 Å². The van der Waals surface area contributed by atoms with E-state index in [4.69, 9.17) is 29.4 Å². The summed E-state index contributed by atoms with van der Waals surface area (Å²) < 4.78 is 1.94. The van der Waals surface area contributed by atoms with Crippen LogP contribution < -0.4 is 18.7 Å². The third-order valence-electron chi connectivity index (χ3n) is 2.35. The summed E-state index contributed by atoms with van der Waals surface area (Å²) in [6.45, 7) is 0. The topological polar surface area (TPSA) is 52.0 Å². The molecule has 0 aliphatic rings. The number of hydrogen-bond acceptors (Lipinski definition) is 2. The standard InChI is InChI=1S/C12H12Cl2N2Te/c13-17(14,11-5-1-9(15)2-6-11)12-7-3-10(16)4-8-12/h1-8H,15-16H2. The van der Waals surface area contributed by atoms with Crippen LogP contribution >= 0.6 is 17.9 Å². The second kappa shape index (κ2) is 4.96. The predicted molar refractivity (Wildman–Crippen MR) is 78.4 cm³/mol. The van der Waals surface area contributed by atoms with E-state index in [1.54, 1.807) is 0 Å². The van der Waals surface area contributed by atoms with E-state index >= 15 is 0 Å². The minimum atomic E-state index is -3.25. The molecule has 2 aromatic carbocycles. The molecule has 5 heteroatoms. The molecule has 17 heavy (non-hydrogen) atoms. The van der Waals surface area contributed by atoms with Crippen LogP contribution in [-0.4, -0.2) is 15.9 Å². The van der Waals surface area contributed by atoms with Gasteiger partial charge in [0.2, 0.25) is 0 Å². The van der Waals surface area contributed by atoms with E-state index in [9.17, 15) is 0 Å². The molecule has 0 fully saturated rings. The van der Waals surface area contributed by atoms with Crippen molar-refractivity contribution in [1.29, 1.82) is 0 Å². The van der Waals surface area contributed by atoms with E-state index in [0.29, 0.717) is 11.4 Å². The van der Waals surface area contributed by atoms with Crippen molar-refractivity contribution in [2.45, 2.75) is 0 Å². The summed E-state index contributed by atoms with van der Waals surface area (Å²) in [4.78, 5) is 0. The third-order valence-corrected chi connectivity index (χ3v) is 12.1. The van der Waals surface area contributed by atoms with E-state index in [1.165, 1.54) is 0 Å². The van der Waals surface area contributed by atoms with Gasteiger partial charge in [-0.1, -0.05) is 0 Å². The fourth-order valence-electron chi connectivity index (χ4n) is 1.41. The Kier molecular flexibility index (Phi) is 3.75. The van der Waals surface area contributed by atoms with Crippen molar-refractivity contribution in [3.8, 4) is 0 Å². The number of hydrogen-bond donors (Lipinski definition) is 2. The number of halogens is 2. The van der Waals surface area contributed by atoms with Crippen LogP contribution in [0, 0.1) is 0 Å². The quantitative estimate of drug-likeness (QED) is 0.615. The Morgan fingerprint density at radius 3 is 1.24 bits per heavy atom. The molecule has 2 aromatic rings. The summed E-state index contributed by atoms with van der Waals surface area (Å²) in [5.41, 5.74) is 12.7. The second-order valence-corrected chi connectivity index (χ2v) is 16.2. The average Bonchev–Trinajstić information content (AvgIpc) is 2.30. The summed E-state index contributed by atoms with van der Waals surface area (Å²) in [6, 6.07) is 14.9. The van der Waals surface area contributed by atoms with Crippen molar-refractivity contribution in [3.63, 3.8) is 0 Å². The van der Waals surface area contributed by atoms with Gasteiger partial charge in [-0.2, -0.15) is 0 Å². The minimum absolute atomic E-state index is 0.707. The molecule has 2 nitrogen and oxygen atoms in total. The zero-order chi connectivity index (χ0) is 12.5. The number of nitrogen functional groups attached to an aromatic ring is 2. The van der Waals surface area contributed by atoms with Crippen LogP contribution in [0.3, 0.4) is 0 Å². The Morgan fingerprint density at radius 2 is 0.941 bits per heavy atom. The van der Waals surface area contributed by atoms with Crippen molar-refractivity contribution in [1.82, 2.24) is 0 Å². The summed E-state index contributed by atoms with van der Waals surface area (Å²) >= 11 is -3.25. The third kappa shape index (κ3) is 2.81. The van der Waals surface area contributed by atoms with Gasteiger partial charge in [-0.15, -0.1) is 0 Å². The van der Waals surface area contributed by atoms with E-state index < -0.39 is 15.9 Å². The first-order valence-corrected chi connectivity index (χ1v) is 13.2. The summed E-state index contributed by atoms with van der Waals surface area (Å²) in [5, 5.41) is 0. The average molecular weight is 383 g/mol. The number of anilines is 2. The number of nitrogens with two attached hydrogens (primary N) is 2. The van der Waals surface area contributed by atoms with Crippen molar-refractivity contribution >= 4 is 52.5 Å². The van der Waals surface area contributed by atoms with E-state index in [0.717, 1.165) is 7.22 Å². The molecule has 0 radical (unpaired) electrons. The maximum absolute atomic E-state index is 6.57. The van der Waals surface area contributed by atoms with E-state index in [1.807, 2.05) is 48.5 Å². The Labute approximate surface area is 112 Å². The molecule has 0 saturated carbocycles. The van der Waals surface area contributed by atoms with Crippen LogP contribution in [0.5, 0.6) is 0 Å². The van der Waals surface area contributed by atoms with Crippen molar-refractivity contribution < 1.29 is 0 Å². The van der Waals surface area contributed by atoms with Gasteiger partial charge in [0.1, 0.15) is 0 Å². The molecule has 0 heterocycles. The summed E-state index contributed by atoms with van der Waals surface area (Å²) in [7, 11) is 13.1. The molecule has 0 aliphatic heterocycles. The summed E-state index contributed by atoms with van der Waals surface area (Å²) in [5.74, 6) is 0. The Bertz CT molecular complexity index is 462. The Hall–Kier alpha value is -0.590. The molecule has 4 N–H and O–H groups in total. The molecular formula is C12H12Cl2N2Te. The molecular weight excluding hydrogens is 371 g/mol. The number of rotatable bonds is 2. The van der Waals surface area contributed by atoms with Gasteiger partial charge in [0.15, 0.2) is 0 Å². The van der Waals surface area contributed by atoms with E-state index in [2.05, 4.69) is 0 Å². The fourth-order valence-corrected chi connectivity index (χ4v) is 7.68. The van der Waals surface area contributed by atoms with Crippen LogP contribution in [-0.2, 0) is 0 Å². The fraction of sp³-hybridized carbons (Fsp3) is 0. The Morgan fingerprint density at radius 1 is 0.647 bits per heavy atom. The van der Waals surface area contributed by atoms with Gasteiger partial charge in [0.05, 0.1) is 0 Å². The number of benzene rings is 2. The van der Waals surface area contributed by atoms with Crippen molar-refractivity contribution in [3.05, 3.63) is 48.5 Å². The monoisotopic (exact) mass is 384 g/mol. The molecule has 0 aliphatic carbocycles. The molecule has 90 valence electrons. The maximum atomic E-state index is 6.57. The van der Waals surface area contributed by atoms with Crippen LogP contribution in [0.15, 0.2) is 48.5 Å². The first-order valence-electron chi connectivity index (χ1n) is 4.94. The van der Waals surface area contributed by atoms with Gasteiger partial charge in [0, 0.05) is 0 Å². The Balaban J connectivity index is 2.41. The van der Waals surface area contributed by atoms with Crippen molar-refractivity contribution in [2.75, 3.05) is 11.5 Å². The van der Waals surface area contributed by atoms with Gasteiger partial charge in [-0.05, 0) is 0 Å². The van der Waals surface area contributed by atoms with Gasteiger partial charge < -0.3 is 0 Å². The zero-order valence-electron chi connectivity index (χ0n) is 8.94. The SMILES string of the molecule is Nc1ccc([Te](Cl)(Cl)c2ccc(N)cc2)cc1. The first-order chi connectivity index (χ1) is 8.00. The van der Waals surface area contributed by atoms with Gasteiger partial charge in [-0.25, -0.2) is 0 Å². The summed E-state index contributed by atoms with van der Waals surface area (Å²) in [6.07, 6.45) is 0. The first kappa shape index (κ1) is 12.9. The zero-order valence-corrected chi connectivity index (χ0v) is 12.8. The molecule has 0 atom stereocenters. The van der Waals surface area contributed by atoms with Gasteiger partial charge in [0.25, 0.3) is 0 Å². The van der Waals surface area contributed by atoms with Crippen LogP contribution in [0.25, 0.3) is 0 Å². The molecule has 0 bridgehead atoms. The van der Waals surface area contributed by atoms with Crippen LogP contribution in [0.1, 0.15) is 0 Å². The van der Waals surface area contributed by atoms with Crippen LogP contribution in [0.4, 0.5) is 11.4 Å². The molecule has 0 unspecified atom stereocenters. The molecule has 0 amide bonds. The predicted octanol–water partition coefficient (Wildman–Crippen LogP) is 1.89.